The number of allylic oxidation sites excluding steroid dienone is 6. The van der Waals surface area contributed by atoms with Gasteiger partial charge >= 0.3 is 64.7 Å². The number of nitrogens with one attached hydrogen (secondary N) is 1. The minimum atomic E-state index is -2.02. The van der Waals surface area contributed by atoms with Gasteiger partial charge in [0.15, 0.2) is 0 Å². The van der Waals surface area contributed by atoms with Gasteiger partial charge < -0.3 is 5.32 Å². The number of benzene rings is 2. The molecule has 0 fully saturated rings. The Balaban J connectivity index is 0.000000277. The summed E-state index contributed by atoms with van der Waals surface area (Å²) in [6.07, 6.45) is 16.3. The maximum absolute atomic E-state index is 2.75. The van der Waals surface area contributed by atoms with E-state index < -0.39 is 15.3 Å². The van der Waals surface area contributed by atoms with Crippen molar-refractivity contribution in [2.75, 3.05) is 14.1 Å². The minimum absolute atomic E-state index is 1.22. The van der Waals surface area contributed by atoms with Crippen LogP contribution in [-0.4, -0.2) is 14.1 Å². The van der Waals surface area contributed by atoms with Gasteiger partial charge in [0.2, 0.25) is 0 Å². The SMILES string of the molecule is C(C=Cc1ccccc1)=Cc1ccccc1.CNC.[CH3][Ti]([CH3])([CH3])([CH3])[C]1=CC=CC1. The molecule has 0 radical (unpaired) electrons. The molecule has 2 aromatic carbocycles. The van der Waals surface area contributed by atoms with Gasteiger partial charge in [-0.15, -0.1) is 0 Å². The van der Waals surface area contributed by atoms with Crippen LogP contribution < -0.4 is 5.32 Å². The molecule has 0 spiro atoms. The summed E-state index contributed by atoms with van der Waals surface area (Å²) in [5, 5.41) is 12.6. The van der Waals surface area contributed by atoms with Gasteiger partial charge in [-0.25, -0.2) is 0 Å². The van der Waals surface area contributed by atoms with Crippen molar-refractivity contribution in [3.8, 4) is 0 Å². The quantitative estimate of drug-likeness (QED) is 0.388. The number of hydrogen-bond donors (Lipinski definition) is 1. The van der Waals surface area contributed by atoms with E-state index in [0.717, 1.165) is 0 Å². The van der Waals surface area contributed by atoms with Crippen molar-refractivity contribution < 1.29 is 15.3 Å². The Hall–Kier alpha value is -1.93. The average Bonchev–Trinajstić information content (AvgIpc) is 3.24. The number of hydrogen-bond acceptors (Lipinski definition) is 1. The molecule has 0 aromatic heterocycles. The fourth-order valence-electron chi connectivity index (χ4n) is 2.65. The molecule has 1 aliphatic carbocycles. The van der Waals surface area contributed by atoms with Gasteiger partial charge in [-0.3, -0.25) is 0 Å². The molecule has 0 amide bonds. The zero-order chi connectivity index (χ0) is 21.6. The Labute approximate surface area is 179 Å². The number of rotatable bonds is 4. The van der Waals surface area contributed by atoms with Gasteiger partial charge in [0.25, 0.3) is 0 Å². The van der Waals surface area contributed by atoms with Crippen LogP contribution in [0.3, 0.4) is 0 Å². The summed E-state index contributed by atoms with van der Waals surface area (Å²) in [4.78, 5) is 0. The Kier molecular flexibility index (Phi) is 10.9. The van der Waals surface area contributed by atoms with Crippen molar-refractivity contribution in [3.05, 3.63) is 106 Å². The molecular formula is C27H38NTi. The van der Waals surface area contributed by atoms with Crippen molar-refractivity contribution in [2.45, 2.75) is 27.3 Å². The fraction of sp³-hybridized carbons (Fsp3) is 0.259. The van der Waals surface area contributed by atoms with Crippen LogP contribution in [0.5, 0.6) is 0 Å². The van der Waals surface area contributed by atoms with E-state index in [4.69, 9.17) is 0 Å². The molecule has 1 N–H and O–H groups in total. The zero-order valence-electron chi connectivity index (χ0n) is 19.0. The van der Waals surface area contributed by atoms with Gasteiger partial charge in [0.05, 0.1) is 0 Å². The Morgan fingerprint density at radius 1 is 0.724 bits per heavy atom. The van der Waals surface area contributed by atoms with Crippen molar-refractivity contribution in [2.24, 2.45) is 0 Å². The Bertz CT molecular complexity index is 762. The van der Waals surface area contributed by atoms with E-state index in [-0.39, 0.29) is 0 Å². The van der Waals surface area contributed by atoms with Crippen LogP contribution in [0.4, 0.5) is 0 Å². The third-order valence-electron chi connectivity index (χ3n) is 4.34. The van der Waals surface area contributed by atoms with Crippen LogP contribution >= 0.6 is 0 Å². The van der Waals surface area contributed by atoms with Gasteiger partial charge in [0, 0.05) is 0 Å². The second-order valence-corrected chi connectivity index (χ2v) is 22.9. The molecule has 3 rings (SSSR count). The van der Waals surface area contributed by atoms with Crippen LogP contribution in [-0.2, 0) is 15.3 Å². The summed E-state index contributed by atoms with van der Waals surface area (Å²) in [7, 11) is 3.75. The van der Waals surface area contributed by atoms with Crippen LogP contribution in [0.1, 0.15) is 17.5 Å². The first-order valence-electron chi connectivity index (χ1n) is 10.4. The molecule has 2 heteroatoms. The van der Waals surface area contributed by atoms with E-state index in [0.29, 0.717) is 0 Å². The Morgan fingerprint density at radius 3 is 1.41 bits per heavy atom. The molecule has 2 aromatic rings. The summed E-state index contributed by atoms with van der Waals surface area (Å²) in [5.74, 6) is 0. The van der Waals surface area contributed by atoms with E-state index in [1.54, 1.807) is 3.88 Å². The van der Waals surface area contributed by atoms with Gasteiger partial charge in [-0.05, 0) is 25.2 Å². The van der Waals surface area contributed by atoms with E-state index >= 15 is 0 Å². The molecule has 155 valence electrons. The zero-order valence-corrected chi connectivity index (χ0v) is 20.6. The van der Waals surface area contributed by atoms with Crippen LogP contribution in [0.15, 0.2) is 94.9 Å². The second kappa shape index (κ2) is 12.6. The second-order valence-electron chi connectivity index (χ2n) is 9.36. The topological polar surface area (TPSA) is 12.0 Å². The first-order chi connectivity index (χ1) is 13.7. The molecule has 0 aliphatic heterocycles. The fourth-order valence-corrected chi connectivity index (χ4v) is 5.30. The Morgan fingerprint density at radius 2 is 1.14 bits per heavy atom. The molecule has 0 saturated carbocycles. The van der Waals surface area contributed by atoms with E-state index in [1.807, 2.05) is 50.5 Å². The summed E-state index contributed by atoms with van der Waals surface area (Å²) in [6.45, 7) is 0. The predicted octanol–water partition coefficient (Wildman–Crippen LogP) is 7.96. The normalized spacial score (nSPS) is 14.4. The molecule has 0 heterocycles. The van der Waals surface area contributed by atoms with Gasteiger partial charge in [-0.2, -0.15) is 0 Å². The summed E-state index contributed by atoms with van der Waals surface area (Å²) >= 11 is -2.02. The molecule has 0 saturated heterocycles. The van der Waals surface area contributed by atoms with Crippen molar-refractivity contribution >= 4 is 12.2 Å². The molecule has 0 atom stereocenters. The van der Waals surface area contributed by atoms with Gasteiger partial charge in [-0.1, -0.05) is 85.0 Å². The maximum atomic E-state index is 2.75. The van der Waals surface area contributed by atoms with Crippen molar-refractivity contribution in [1.82, 2.24) is 5.32 Å². The summed E-state index contributed by atoms with van der Waals surface area (Å²) in [5.41, 5.74) is 2.44. The van der Waals surface area contributed by atoms with E-state index in [1.165, 1.54) is 17.5 Å². The van der Waals surface area contributed by atoms with Crippen molar-refractivity contribution in [3.63, 3.8) is 0 Å². The average molecular weight is 424 g/mol. The molecule has 0 unspecified atom stereocenters. The first-order valence-corrected chi connectivity index (χ1v) is 17.4. The molecule has 1 nitrogen and oxygen atoms in total. The molecule has 0 bridgehead atoms. The van der Waals surface area contributed by atoms with E-state index in [2.05, 4.69) is 93.0 Å². The standard InChI is InChI=1S/C16H14.C5H5.C2H7N.4CH3.Ti/c1-3-9-15(10-4-1)13-7-8-14-16-11-5-2-6-12-16;1-2-4-5-3-1;1-3-2;;;;;/h1-14H;1-3H,4H2;3H,1-2H3;4*1H3;. The van der Waals surface area contributed by atoms with Crippen LogP contribution in [0, 0.1) is 0 Å². The van der Waals surface area contributed by atoms with Crippen molar-refractivity contribution in [1.29, 1.82) is 0 Å². The van der Waals surface area contributed by atoms with E-state index in [9.17, 15) is 0 Å². The third-order valence-corrected chi connectivity index (χ3v) is 8.93. The van der Waals surface area contributed by atoms with Crippen LogP contribution in [0.2, 0.25) is 20.9 Å². The summed E-state index contributed by atoms with van der Waals surface area (Å²) in [6, 6.07) is 20.6. The predicted molar refractivity (Wildman–Crippen MR) is 131 cm³/mol. The van der Waals surface area contributed by atoms with Gasteiger partial charge in [0.1, 0.15) is 0 Å². The molecular weight excluding hydrogens is 386 g/mol. The first kappa shape index (κ1) is 25.1. The monoisotopic (exact) mass is 424 g/mol. The summed E-state index contributed by atoms with van der Waals surface area (Å²) < 4.78 is 1.72. The molecule has 1 aliphatic rings. The molecule has 29 heavy (non-hydrogen) atoms. The third kappa shape index (κ3) is 11.6. The van der Waals surface area contributed by atoms with Crippen LogP contribution in [0.25, 0.3) is 12.2 Å².